The predicted molar refractivity (Wildman–Crippen MR) is 76.3 cm³/mol. The molecule has 2 rings (SSSR count). The molecule has 0 aliphatic carbocycles. The number of hydrogen-bond acceptors (Lipinski definition) is 3. The van der Waals surface area contributed by atoms with Gasteiger partial charge in [0.25, 0.3) is 5.69 Å². The van der Waals surface area contributed by atoms with Gasteiger partial charge in [0.05, 0.1) is 11.0 Å². The first kappa shape index (κ1) is 14.0. The molecule has 0 saturated carbocycles. The quantitative estimate of drug-likeness (QED) is 0.631. The number of aryl methyl sites for hydroxylation is 1. The molecule has 0 heterocycles. The minimum absolute atomic E-state index is 0.239. The molecule has 0 aromatic heterocycles. The third-order valence-electron chi connectivity index (χ3n) is 3.19. The first-order valence-corrected chi connectivity index (χ1v) is 6.18. The zero-order valence-corrected chi connectivity index (χ0v) is 11.3. The van der Waals surface area contributed by atoms with Crippen molar-refractivity contribution in [1.82, 2.24) is 0 Å². The van der Waals surface area contributed by atoms with E-state index in [-0.39, 0.29) is 5.69 Å². The van der Waals surface area contributed by atoms with Gasteiger partial charge in [-0.25, -0.2) is 4.39 Å². The highest BCUT2D eigenvalue weighted by Crippen LogP contribution is 2.24. The van der Waals surface area contributed by atoms with Crippen molar-refractivity contribution in [2.75, 3.05) is 11.9 Å². The third kappa shape index (κ3) is 3.12. The topological polar surface area (TPSA) is 46.4 Å². The van der Waals surface area contributed by atoms with Crippen LogP contribution in [-0.4, -0.2) is 12.0 Å². The van der Waals surface area contributed by atoms with Gasteiger partial charge in [-0.15, -0.1) is 0 Å². The zero-order chi connectivity index (χ0) is 14.7. The Hall–Kier alpha value is -2.43. The summed E-state index contributed by atoms with van der Waals surface area (Å²) in [4.78, 5) is 12.0. The Morgan fingerprint density at radius 2 is 1.95 bits per heavy atom. The van der Waals surface area contributed by atoms with Gasteiger partial charge in [-0.2, -0.15) is 0 Å². The Labute approximate surface area is 116 Å². The van der Waals surface area contributed by atoms with Crippen LogP contribution in [0.3, 0.4) is 0 Å². The van der Waals surface area contributed by atoms with E-state index in [9.17, 15) is 14.5 Å². The van der Waals surface area contributed by atoms with Crippen molar-refractivity contribution in [3.63, 3.8) is 0 Å². The molecule has 0 bridgehead atoms. The number of nitro benzene ring substituents is 1. The van der Waals surface area contributed by atoms with Crippen molar-refractivity contribution in [1.29, 1.82) is 0 Å². The summed E-state index contributed by atoms with van der Waals surface area (Å²) in [6, 6.07) is 11.5. The molecule has 0 aliphatic rings. The molecule has 5 heteroatoms. The molecular weight excluding hydrogens is 259 g/mol. The number of benzene rings is 2. The van der Waals surface area contributed by atoms with Gasteiger partial charge in [0, 0.05) is 25.3 Å². The minimum atomic E-state index is -0.606. The Bertz CT molecular complexity index is 644. The standard InChI is InChI=1S/C15H15FN2O2/c1-11-5-3-4-6-12(11)10-17(2)14-7-13(16)8-15(9-14)18(19)20/h3-9H,10H2,1-2H3. The van der Waals surface area contributed by atoms with Crippen LogP contribution < -0.4 is 4.90 Å². The highest BCUT2D eigenvalue weighted by molar-refractivity contribution is 5.53. The second-order valence-electron chi connectivity index (χ2n) is 4.71. The molecule has 0 amide bonds. The van der Waals surface area contributed by atoms with Crippen LogP contribution in [0.2, 0.25) is 0 Å². The first-order chi connectivity index (χ1) is 9.47. The first-order valence-electron chi connectivity index (χ1n) is 6.18. The van der Waals surface area contributed by atoms with Crippen molar-refractivity contribution >= 4 is 11.4 Å². The van der Waals surface area contributed by atoms with Gasteiger partial charge < -0.3 is 4.90 Å². The van der Waals surface area contributed by atoms with E-state index in [2.05, 4.69) is 0 Å². The summed E-state index contributed by atoms with van der Waals surface area (Å²) in [5.74, 6) is -0.606. The lowest BCUT2D eigenvalue weighted by molar-refractivity contribution is -0.385. The Morgan fingerprint density at radius 1 is 1.25 bits per heavy atom. The molecule has 0 N–H and O–H groups in total. The molecule has 0 fully saturated rings. The fraction of sp³-hybridized carbons (Fsp3) is 0.200. The molecule has 0 atom stereocenters. The lowest BCUT2D eigenvalue weighted by Crippen LogP contribution is -2.17. The van der Waals surface area contributed by atoms with E-state index < -0.39 is 10.7 Å². The van der Waals surface area contributed by atoms with E-state index in [1.807, 2.05) is 31.2 Å². The zero-order valence-electron chi connectivity index (χ0n) is 11.3. The van der Waals surface area contributed by atoms with Crippen LogP contribution in [0.15, 0.2) is 42.5 Å². The molecule has 0 saturated heterocycles. The van der Waals surface area contributed by atoms with Crippen molar-refractivity contribution in [2.24, 2.45) is 0 Å². The molecule has 0 unspecified atom stereocenters. The van der Waals surface area contributed by atoms with Gasteiger partial charge >= 0.3 is 0 Å². The van der Waals surface area contributed by atoms with Crippen molar-refractivity contribution in [3.8, 4) is 0 Å². The summed E-state index contributed by atoms with van der Waals surface area (Å²) < 4.78 is 13.4. The Balaban J connectivity index is 2.27. The van der Waals surface area contributed by atoms with Crippen molar-refractivity contribution in [2.45, 2.75) is 13.5 Å². The number of anilines is 1. The maximum absolute atomic E-state index is 13.4. The highest BCUT2D eigenvalue weighted by atomic mass is 19.1. The number of nitrogens with zero attached hydrogens (tertiary/aromatic N) is 2. The fourth-order valence-corrected chi connectivity index (χ4v) is 2.02. The summed E-state index contributed by atoms with van der Waals surface area (Å²) in [5.41, 5.74) is 2.48. The van der Waals surface area contributed by atoms with Gasteiger partial charge in [0.15, 0.2) is 0 Å². The largest absolute Gasteiger partial charge is 0.370 e. The molecule has 20 heavy (non-hydrogen) atoms. The van der Waals surface area contributed by atoms with E-state index in [1.165, 1.54) is 12.1 Å². The van der Waals surface area contributed by atoms with Gasteiger partial charge in [-0.3, -0.25) is 10.1 Å². The number of rotatable bonds is 4. The summed E-state index contributed by atoms with van der Waals surface area (Å²) in [5, 5.41) is 10.8. The maximum atomic E-state index is 13.4. The number of non-ortho nitro benzene ring substituents is 1. The monoisotopic (exact) mass is 274 g/mol. The lowest BCUT2D eigenvalue weighted by Gasteiger charge is -2.20. The van der Waals surface area contributed by atoms with Crippen LogP contribution in [0.1, 0.15) is 11.1 Å². The van der Waals surface area contributed by atoms with Crippen LogP contribution in [0.25, 0.3) is 0 Å². The fourth-order valence-electron chi connectivity index (χ4n) is 2.02. The maximum Gasteiger partial charge on any atom is 0.274 e. The average molecular weight is 274 g/mol. The van der Waals surface area contributed by atoms with E-state index in [1.54, 1.807) is 11.9 Å². The van der Waals surface area contributed by atoms with Crippen LogP contribution in [0, 0.1) is 22.9 Å². The van der Waals surface area contributed by atoms with E-state index >= 15 is 0 Å². The predicted octanol–water partition coefficient (Wildman–Crippen LogP) is 3.68. The van der Waals surface area contributed by atoms with Crippen LogP contribution >= 0.6 is 0 Å². The van der Waals surface area contributed by atoms with Gasteiger partial charge in [0.1, 0.15) is 5.82 Å². The molecule has 4 nitrogen and oxygen atoms in total. The lowest BCUT2D eigenvalue weighted by atomic mass is 10.1. The number of nitro groups is 1. The van der Waals surface area contributed by atoms with Gasteiger partial charge in [-0.1, -0.05) is 24.3 Å². The normalized spacial score (nSPS) is 10.3. The van der Waals surface area contributed by atoms with Gasteiger partial charge in [-0.05, 0) is 24.1 Å². The van der Waals surface area contributed by atoms with Crippen LogP contribution in [-0.2, 0) is 6.54 Å². The second kappa shape index (κ2) is 5.69. The number of halogens is 1. The molecule has 2 aromatic rings. The van der Waals surface area contributed by atoms with Crippen molar-refractivity contribution < 1.29 is 9.31 Å². The number of hydrogen-bond donors (Lipinski definition) is 0. The summed E-state index contributed by atoms with van der Waals surface area (Å²) in [6.45, 7) is 2.56. The second-order valence-corrected chi connectivity index (χ2v) is 4.71. The summed E-state index contributed by atoms with van der Waals surface area (Å²) in [7, 11) is 1.78. The molecular formula is C15H15FN2O2. The Morgan fingerprint density at radius 3 is 2.60 bits per heavy atom. The molecule has 2 aromatic carbocycles. The average Bonchev–Trinajstić information content (AvgIpc) is 2.40. The van der Waals surface area contributed by atoms with Crippen LogP contribution in [0.5, 0.6) is 0 Å². The summed E-state index contributed by atoms with van der Waals surface area (Å²) >= 11 is 0. The van der Waals surface area contributed by atoms with Crippen LogP contribution in [0.4, 0.5) is 15.8 Å². The minimum Gasteiger partial charge on any atom is -0.370 e. The SMILES string of the molecule is Cc1ccccc1CN(C)c1cc(F)cc([N+](=O)[O-])c1. The van der Waals surface area contributed by atoms with E-state index in [0.717, 1.165) is 17.2 Å². The molecule has 0 aliphatic heterocycles. The smallest absolute Gasteiger partial charge is 0.274 e. The summed E-state index contributed by atoms with van der Waals surface area (Å²) in [6.07, 6.45) is 0. The van der Waals surface area contributed by atoms with Gasteiger partial charge in [0.2, 0.25) is 0 Å². The highest BCUT2D eigenvalue weighted by Gasteiger charge is 2.13. The third-order valence-corrected chi connectivity index (χ3v) is 3.19. The molecule has 0 radical (unpaired) electrons. The van der Waals surface area contributed by atoms with Crippen molar-refractivity contribution in [3.05, 3.63) is 69.5 Å². The Kier molecular flexibility index (Phi) is 3.98. The molecule has 104 valence electrons. The molecule has 0 spiro atoms. The van der Waals surface area contributed by atoms with E-state index in [4.69, 9.17) is 0 Å². The van der Waals surface area contributed by atoms with E-state index in [0.29, 0.717) is 12.2 Å².